The summed E-state index contributed by atoms with van der Waals surface area (Å²) in [5, 5.41) is 22.2. The Morgan fingerprint density at radius 1 is 1.50 bits per heavy atom. The van der Waals surface area contributed by atoms with Crippen LogP contribution < -0.4 is 5.32 Å². The highest BCUT2D eigenvalue weighted by molar-refractivity contribution is 9.10. The SMILES string of the molecule is CC(C)CC(C)(O)CNc1ccc(C#N)cc1Br. The number of hydrogen-bond acceptors (Lipinski definition) is 3. The Balaban J connectivity index is 2.67. The molecular formula is C14H19BrN2O. The first-order valence-corrected chi connectivity index (χ1v) is 6.79. The first kappa shape index (κ1) is 15.0. The molecule has 1 unspecified atom stereocenters. The van der Waals surface area contributed by atoms with Gasteiger partial charge in [0.15, 0.2) is 0 Å². The van der Waals surface area contributed by atoms with Gasteiger partial charge in [0.25, 0.3) is 0 Å². The van der Waals surface area contributed by atoms with Crippen LogP contribution in [0.2, 0.25) is 0 Å². The summed E-state index contributed by atoms with van der Waals surface area (Å²) < 4.78 is 0.835. The smallest absolute Gasteiger partial charge is 0.0992 e. The highest BCUT2D eigenvalue weighted by atomic mass is 79.9. The first-order valence-electron chi connectivity index (χ1n) is 6.00. The molecule has 1 rings (SSSR count). The number of rotatable bonds is 5. The quantitative estimate of drug-likeness (QED) is 0.874. The Hall–Kier alpha value is -1.05. The van der Waals surface area contributed by atoms with Crippen LogP contribution in [0.25, 0.3) is 0 Å². The number of nitriles is 1. The van der Waals surface area contributed by atoms with Crippen LogP contribution >= 0.6 is 15.9 Å². The fourth-order valence-electron chi connectivity index (χ4n) is 1.97. The molecule has 98 valence electrons. The van der Waals surface area contributed by atoms with Crippen molar-refractivity contribution in [3.63, 3.8) is 0 Å². The molecule has 0 heterocycles. The van der Waals surface area contributed by atoms with Crippen LogP contribution in [0.15, 0.2) is 22.7 Å². The second-order valence-corrected chi connectivity index (χ2v) is 6.11. The van der Waals surface area contributed by atoms with Crippen LogP contribution in [0.1, 0.15) is 32.8 Å². The molecule has 0 fully saturated rings. The lowest BCUT2D eigenvalue weighted by molar-refractivity contribution is 0.0515. The van der Waals surface area contributed by atoms with E-state index in [1.54, 1.807) is 12.1 Å². The predicted molar refractivity (Wildman–Crippen MR) is 77.4 cm³/mol. The van der Waals surface area contributed by atoms with Crippen molar-refractivity contribution in [1.82, 2.24) is 0 Å². The van der Waals surface area contributed by atoms with E-state index in [0.717, 1.165) is 16.6 Å². The second kappa shape index (κ2) is 6.21. The number of anilines is 1. The third-order valence-corrected chi connectivity index (χ3v) is 3.26. The Morgan fingerprint density at radius 3 is 2.67 bits per heavy atom. The molecule has 0 aliphatic carbocycles. The molecule has 0 aliphatic heterocycles. The molecule has 1 aromatic carbocycles. The zero-order valence-electron chi connectivity index (χ0n) is 11.0. The third kappa shape index (κ3) is 4.67. The Bertz CT molecular complexity index is 450. The van der Waals surface area contributed by atoms with Crippen molar-refractivity contribution >= 4 is 21.6 Å². The van der Waals surface area contributed by atoms with Gasteiger partial charge in [0.05, 0.1) is 17.2 Å². The standard InChI is InChI=1S/C14H19BrN2O/c1-10(2)7-14(3,18)9-17-13-5-4-11(8-16)6-12(13)15/h4-6,10,17-18H,7,9H2,1-3H3. The molecule has 0 amide bonds. The molecule has 0 saturated carbocycles. The lowest BCUT2D eigenvalue weighted by Crippen LogP contribution is -2.34. The van der Waals surface area contributed by atoms with E-state index >= 15 is 0 Å². The first-order chi connectivity index (χ1) is 8.34. The van der Waals surface area contributed by atoms with Gasteiger partial charge in [0.2, 0.25) is 0 Å². The second-order valence-electron chi connectivity index (χ2n) is 5.25. The molecule has 18 heavy (non-hydrogen) atoms. The Kier molecular flexibility index (Phi) is 5.18. The van der Waals surface area contributed by atoms with Gasteiger partial charge in [-0.05, 0) is 53.4 Å². The largest absolute Gasteiger partial charge is 0.388 e. The lowest BCUT2D eigenvalue weighted by Gasteiger charge is -2.26. The van der Waals surface area contributed by atoms with E-state index in [0.29, 0.717) is 18.0 Å². The van der Waals surface area contributed by atoms with Gasteiger partial charge in [-0.2, -0.15) is 5.26 Å². The van der Waals surface area contributed by atoms with Crippen LogP contribution in [-0.4, -0.2) is 17.3 Å². The maximum Gasteiger partial charge on any atom is 0.0992 e. The van der Waals surface area contributed by atoms with Gasteiger partial charge in [0.1, 0.15) is 0 Å². The van der Waals surface area contributed by atoms with E-state index in [-0.39, 0.29) is 0 Å². The molecule has 0 saturated heterocycles. The summed E-state index contributed by atoms with van der Waals surface area (Å²) in [6.45, 7) is 6.49. The summed E-state index contributed by atoms with van der Waals surface area (Å²) in [5.74, 6) is 0.450. The zero-order valence-corrected chi connectivity index (χ0v) is 12.6. The molecule has 1 aromatic rings. The van der Waals surface area contributed by atoms with Gasteiger partial charge in [-0.25, -0.2) is 0 Å². The summed E-state index contributed by atoms with van der Waals surface area (Å²) in [6, 6.07) is 7.45. The summed E-state index contributed by atoms with van der Waals surface area (Å²) in [4.78, 5) is 0. The Labute approximate surface area is 117 Å². The van der Waals surface area contributed by atoms with Crippen LogP contribution in [0.3, 0.4) is 0 Å². The maximum absolute atomic E-state index is 10.2. The van der Waals surface area contributed by atoms with E-state index in [1.165, 1.54) is 0 Å². The van der Waals surface area contributed by atoms with Crippen molar-refractivity contribution in [1.29, 1.82) is 5.26 Å². The van der Waals surface area contributed by atoms with Crippen molar-refractivity contribution in [2.45, 2.75) is 32.8 Å². The van der Waals surface area contributed by atoms with Crippen LogP contribution in [0.5, 0.6) is 0 Å². The normalized spacial score (nSPS) is 14.1. The van der Waals surface area contributed by atoms with Crippen LogP contribution in [0, 0.1) is 17.2 Å². The molecule has 2 N–H and O–H groups in total. The average molecular weight is 311 g/mol. The van der Waals surface area contributed by atoms with E-state index in [4.69, 9.17) is 5.26 Å². The van der Waals surface area contributed by atoms with E-state index in [9.17, 15) is 5.11 Å². The van der Waals surface area contributed by atoms with Gasteiger partial charge in [-0.3, -0.25) is 0 Å². The van der Waals surface area contributed by atoms with E-state index in [2.05, 4.69) is 41.2 Å². The van der Waals surface area contributed by atoms with Gasteiger partial charge in [-0.15, -0.1) is 0 Å². The van der Waals surface area contributed by atoms with Crippen molar-refractivity contribution in [2.24, 2.45) is 5.92 Å². The minimum atomic E-state index is -0.735. The lowest BCUT2D eigenvalue weighted by atomic mass is 9.94. The average Bonchev–Trinajstić information content (AvgIpc) is 2.25. The van der Waals surface area contributed by atoms with Crippen molar-refractivity contribution in [2.75, 3.05) is 11.9 Å². The monoisotopic (exact) mass is 310 g/mol. The van der Waals surface area contributed by atoms with Gasteiger partial charge >= 0.3 is 0 Å². The number of aliphatic hydroxyl groups is 1. The molecule has 0 aromatic heterocycles. The highest BCUT2D eigenvalue weighted by Gasteiger charge is 2.21. The predicted octanol–water partition coefficient (Wildman–Crippen LogP) is 3.53. The van der Waals surface area contributed by atoms with Crippen molar-refractivity contribution in [3.05, 3.63) is 28.2 Å². The molecular weight excluding hydrogens is 292 g/mol. The van der Waals surface area contributed by atoms with Gasteiger partial charge < -0.3 is 10.4 Å². The summed E-state index contributed by atoms with van der Waals surface area (Å²) >= 11 is 3.41. The zero-order chi connectivity index (χ0) is 13.8. The molecule has 0 radical (unpaired) electrons. The number of hydrogen-bond donors (Lipinski definition) is 2. The molecule has 0 bridgehead atoms. The molecule has 0 aliphatic rings. The minimum absolute atomic E-state index is 0.450. The summed E-state index contributed by atoms with van der Waals surface area (Å²) in [5.41, 5.74) is 0.765. The number of halogens is 1. The molecule has 0 spiro atoms. The molecule has 1 atom stereocenters. The van der Waals surface area contributed by atoms with Crippen molar-refractivity contribution < 1.29 is 5.11 Å². The summed E-state index contributed by atoms with van der Waals surface area (Å²) in [7, 11) is 0. The number of nitrogens with zero attached hydrogens (tertiary/aromatic N) is 1. The fraction of sp³-hybridized carbons (Fsp3) is 0.500. The molecule has 4 heteroatoms. The van der Waals surface area contributed by atoms with Crippen LogP contribution in [-0.2, 0) is 0 Å². The summed E-state index contributed by atoms with van der Waals surface area (Å²) in [6.07, 6.45) is 0.744. The fourth-order valence-corrected chi connectivity index (χ4v) is 2.48. The molecule has 3 nitrogen and oxygen atoms in total. The van der Waals surface area contributed by atoms with Crippen molar-refractivity contribution in [3.8, 4) is 6.07 Å². The minimum Gasteiger partial charge on any atom is -0.388 e. The van der Waals surface area contributed by atoms with Gasteiger partial charge in [-0.1, -0.05) is 13.8 Å². The van der Waals surface area contributed by atoms with E-state index < -0.39 is 5.60 Å². The van der Waals surface area contributed by atoms with Gasteiger partial charge in [0, 0.05) is 16.7 Å². The number of benzene rings is 1. The highest BCUT2D eigenvalue weighted by Crippen LogP contribution is 2.25. The maximum atomic E-state index is 10.2. The number of nitrogens with one attached hydrogen (secondary N) is 1. The third-order valence-electron chi connectivity index (χ3n) is 2.61. The topological polar surface area (TPSA) is 56.0 Å². The Morgan fingerprint density at radius 2 is 2.17 bits per heavy atom. The van der Waals surface area contributed by atoms with Crippen LogP contribution in [0.4, 0.5) is 5.69 Å². The van der Waals surface area contributed by atoms with E-state index in [1.807, 2.05) is 13.0 Å².